The third kappa shape index (κ3) is 7.00. The Labute approximate surface area is 209 Å². The van der Waals surface area contributed by atoms with Crippen LogP contribution in [0.3, 0.4) is 0 Å². The van der Waals surface area contributed by atoms with Gasteiger partial charge < -0.3 is 23.9 Å². The maximum absolute atomic E-state index is 11.4. The first-order valence-electron chi connectivity index (χ1n) is 11.6. The molecule has 4 rings (SSSR count). The monoisotopic (exact) mass is 490 g/mol. The van der Waals surface area contributed by atoms with Gasteiger partial charge in [-0.05, 0) is 41.1 Å². The number of benzene rings is 3. The molecule has 1 heterocycles. The number of aromatic nitrogens is 1. The minimum Gasteiger partial charge on any atom is -0.602 e. The number of hydrogen-bond donors (Lipinski definition) is 1. The third-order valence-electron chi connectivity index (χ3n) is 5.34. The molecule has 1 unspecified atom stereocenters. The number of hydrogen-bond acceptors (Lipinski definition) is 6. The SMILES string of the molecule is CCC(Oc1cccc(CN(CCC[N-]Sc2ccccc2)c2nc3ccccc3o2)c1)C(=O)O. The molecular formula is C27H28N3O4S-. The van der Waals surface area contributed by atoms with E-state index in [1.165, 1.54) is 11.9 Å². The Morgan fingerprint density at radius 1 is 1.11 bits per heavy atom. The summed E-state index contributed by atoms with van der Waals surface area (Å²) in [6.45, 7) is 3.72. The van der Waals surface area contributed by atoms with Crippen molar-refractivity contribution in [3.05, 3.63) is 89.1 Å². The van der Waals surface area contributed by atoms with Crippen LogP contribution < -0.4 is 9.64 Å². The van der Waals surface area contributed by atoms with Crippen LogP contribution in [0, 0.1) is 0 Å². The zero-order valence-electron chi connectivity index (χ0n) is 19.5. The fraction of sp³-hybridized carbons (Fsp3) is 0.259. The van der Waals surface area contributed by atoms with Gasteiger partial charge in [-0.15, -0.1) is 6.54 Å². The van der Waals surface area contributed by atoms with Gasteiger partial charge in [0.25, 0.3) is 6.01 Å². The summed E-state index contributed by atoms with van der Waals surface area (Å²) in [5.41, 5.74) is 2.52. The molecule has 0 saturated carbocycles. The molecule has 0 aliphatic heterocycles. The van der Waals surface area contributed by atoms with E-state index in [0.717, 1.165) is 28.0 Å². The maximum Gasteiger partial charge on any atom is 0.344 e. The molecule has 0 bridgehead atoms. The molecule has 0 radical (unpaired) electrons. The lowest BCUT2D eigenvalue weighted by Crippen LogP contribution is -2.26. The van der Waals surface area contributed by atoms with Crippen LogP contribution in [0.25, 0.3) is 15.8 Å². The van der Waals surface area contributed by atoms with Crippen LogP contribution in [0.4, 0.5) is 6.01 Å². The quantitative estimate of drug-likeness (QED) is 0.168. The van der Waals surface area contributed by atoms with Crippen molar-refractivity contribution >= 4 is 35.0 Å². The average molecular weight is 491 g/mol. The molecule has 0 spiro atoms. The van der Waals surface area contributed by atoms with Crippen molar-refractivity contribution in [2.45, 2.75) is 37.3 Å². The Hall–Kier alpha value is -3.49. The number of ether oxygens (including phenoxy) is 1. The van der Waals surface area contributed by atoms with Gasteiger partial charge in [0.15, 0.2) is 11.7 Å². The Morgan fingerprint density at radius 3 is 2.69 bits per heavy atom. The second-order valence-electron chi connectivity index (χ2n) is 8.00. The first-order chi connectivity index (χ1) is 17.1. The Bertz CT molecular complexity index is 1200. The second-order valence-corrected chi connectivity index (χ2v) is 8.91. The summed E-state index contributed by atoms with van der Waals surface area (Å²) in [7, 11) is 0. The molecule has 182 valence electrons. The van der Waals surface area contributed by atoms with Gasteiger partial charge in [-0.3, -0.25) is 11.9 Å². The number of oxazole rings is 1. The number of nitrogens with zero attached hydrogens (tertiary/aromatic N) is 3. The molecule has 0 aliphatic carbocycles. The highest BCUT2D eigenvalue weighted by Crippen LogP contribution is 2.26. The fourth-order valence-corrected chi connectivity index (χ4v) is 4.22. The summed E-state index contributed by atoms with van der Waals surface area (Å²) >= 11 is 1.49. The number of anilines is 1. The number of para-hydroxylation sites is 2. The number of carboxylic acids is 1. The van der Waals surface area contributed by atoms with E-state index in [-0.39, 0.29) is 0 Å². The predicted molar refractivity (Wildman–Crippen MR) is 139 cm³/mol. The van der Waals surface area contributed by atoms with Crippen molar-refractivity contribution < 1.29 is 19.1 Å². The van der Waals surface area contributed by atoms with E-state index in [2.05, 4.69) is 14.6 Å². The van der Waals surface area contributed by atoms with Gasteiger partial charge in [-0.25, -0.2) is 4.79 Å². The fourth-order valence-electron chi connectivity index (χ4n) is 3.58. The highest BCUT2D eigenvalue weighted by molar-refractivity contribution is 8.01. The highest BCUT2D eigenvalue weighted by Gasteiger charge is 2.18. The van der Waals surface area contributed by atoms with Gasteiger partial charge in [0.2, 0.25) is 0 Å². The number of carboxylic acid groups (broad SMARTS) is 1. The molecule has 1 aromatic heterocycles. The summed E-state index contributed by atoms with van der Waals surface area (Å²) < 4.78 is 16.3. The lowest BCUT2D eigenvalue weighted by Gasteiger charge is -2.24. The van der Waals surface area contributed by atoms with Gasteiger partial charge in [0.1, 0.15) is 11.3 Å². The van der Waals surface area contributed by atoms with Gasteiger partial charge in [0, 0.05) is 13.1 Å². The van der Waals surface area contributed by atoms with Crippen LogP contribution in [0.15, 0.2) is 88.2 Å². The number of rotatable bonds is 13. The van der Waals surface area contributed by atoms with Crippen molar-refractivity contribution in [3.8, 4) is 5.75 Å². The van der Waals surface area contributed by atoms with E-state index in [9.17, 15) is 9.90 Å². The van der Waals surface area contributed by atoms with E-state index in [4.69, 9.17) is 9.15 Å². The Kier molecular flexibility index (Phi) is 8.64. The molecule has 7 nitrogen and oxygen atoms in total. The summed E-state index contributed by atoms with van der Waals surface area (Å²) in [5.74, 6) is -0.438. The minimum absolute atomic E-state index is 0.388. The standard InChI is InChI=1S/C27H28N3O4S/c1-2-24(26(31)32)33-21-11-8-10-20(18-21)19-30(27-29-23-14-6-7-15-25(23)34-27)17-9-16-28-35-22-12-4-3-5-13-22/h3-8,10-15,18,24H,2,9,16-17,19H2,1H3,(H,31,32)/q-1. The van der Waals surface area contributed by atoms with Crippen LogP contribution in [-0.2, 0) is 11.3 Å². The maximum atomic E-state index is 11.4. The van der Waals surface area contributed by atoms with Crippen LogP contribution in [0.5, 0.6) is 5.75 Å². The first kappa shape index (κ1) is 24.6. The lowest BCUT2D eigenvalue weighted by atomic mass is 10.2. The van der Waals surface area contributed by atoms with Crippen molar-refractivity contribution in [2.75, 3.05) is 18.0 Å². The largest absolute Gasteiger partial charge is 0.602 e. The molecule has 3 aromatic carbocycles. The molecule has 1 atom stereocenters. The van der Waals surface area contributed by atoms with Crippen LogP contribution >= 0.6 is 11.9 Å². The van der Waals surface area contributed by atoms with E-state index < -0.39 is 12.1 Å². The summed E-state index contributed by atoms with van der Waals surface area (Å²) in [5, 5.41) is 9.32. The smallest absolute Gasteiger partial charge is 0.344 e. The molecule has 35 heavy (non-hydrogen) atoms. The van der Waals surface area contributed by atoms with E-state index in [0.29, 0.717) is 37.8 Å². The summed E-state index contributed by atoms with van der Waals surface area (Å²) in [6, 6.07) is 25.8. The van der Waals surface area contributed by atoms with Crippen LogP contribution in [0.2, 0.25) is 0 Å². The minimum atomic E-state index is -0.969. The molecule has 4 aromatic rings. The van der Waals surface area contributed by atoms with Crippen LogP contribution in [-0.4, -0.2) is 35.3 Å². The topological polar surface area (TPSA) is 89.9 Å². The number of aliphatic carboxylic acids is 1. The lowest BCUT2D eigenvalue weighted by molar-refractivity contribution is -0.145. The second kappa shape index (κ2) is 12.3. The molecule has 0 aliphatic rings. The molecule has 0 saturated heterocycles. The van der Waals surface area contributed by atoms with Gasteiger partial charge >= 0.3 is 5.97 Å². The number of fused-ring (bicyclic) bond motifs is 1. The Morgan fingerprint density at radius 2 is 1.91 bits per heavy atom. The van der Waals surface area contributed by atoms with E-state index in [1.807, 2.05) is 72.8 Å². The predicted octanol–water partition coefficient (Wildman–Crippen LogP) is 6.55. The number of carbonyl (C=O) groups is 1. The molecule has 1 N–H and O–H groups in total. The molecular weight excluding hydrogens is 462 g/mol. The average Bonchev–Trinajstić information content (AvgIpc) is 3.31. The van der Waals surface area contributed by atoms with Gasteiger partial charge in [0.05, 0.1) is 0 Å². The zero-order chi connectivity index (χ0) is 24.5. The molecule has 0 fully saturated rings. The molecule has 0 amide bonds. The normalized spacial score (nSPS) is 11.9. The van der Waals surface area contributed by atoms with E-state index in [1.54, 1.807) is 13.0 Å². The highest BCUT2D eigenvalue weighted by atomic mass is 32.2. The van der Waals surface area contributed by atoms with Gasteiger partial charge in [-0.2, -0.15) is 4.98 Å². The summed E-state index contributed by atoms with van der Waals surface area (Å²) in [6.07, 6.45) is 0.340. The molecule has 8 heteroatoms. The third-order valence-corrected chi connectivity index (χ3v) is 6.13. The Balaban J connectivity index is 1.44. The van der Waals surface area contributed by atoms with Crippen molar-refractivity contribution in [1.82, 2.24) is 4.98 Å². The van der Waals surface area contributed by atoms with E-state index >= 15 is 0 Å². The van der Waals surface area contributed by atoms with Crippen molar-refractivity contribution in [1.29, 1.82) is 0 Å². The van der Waals surface area contributed by atoms with Crippen molar-refractivity contribution in [3.63, 3.8) is 0 Å². The zero-order valence-corrected chi connectivity index (χ0v) is 20.4. The first-order valence-corrected chi connectivity index (χ1v) is 12.4. The van der Waals surface area contributed by atoms with Crippen LogP contribution in [0.1, 0.15) is 25.3 Å². The summed E-state index contributed by atoms with van der Waals surface area (Å²) in [4.78, 5) is 19.2. The van der Waals surface area contributed by atoms with Crippen molar-refractivity contribution in [2.24, 2.45) is 0 Å². The van der Waals surface area contributed by atoms with Gasteiger partial charge in [-0.1, -0.05) is 67.9 Å².